The third-order valence-corrected chi connectivity index (χ3v) is 2.54. The van der Waals surface area contributed by atoms with Gasteiger partial charge in [-0.05, 0) is 19.9 Å². The zero-order chi connectivity index (χ0) is 14.0. The first-order chi connectivity index (χ1) is 8.25. The lowest BCUT2D eigenvalue weighted by Crippen LogP contribution is -2.50. The first kappa shape index (κ1) is 14.5. The highest BCUT2D eigenvalue weighted by Gasteiger charge is 2.58. The van der Waals surface area contributed by atoms with Crippen LogP contribution in [0.4, 0.5) is 13.2 Å². The predicted octanol–water partition coefficient (Wildman–Crippen LogP) is 2.23. The number of alkyl halides is 2. The molecule has 1 aromatic carbocycles. The molecule has 0 aliphatic rings. The van der Waals surface area contributed by atoms with Crippen molar-refractivity contribution in [2.45, 2.75) is 25.4 Å². The van der Waals surface area contributed by atoms with Crippen molar-refractivity contribution in [2.75, 3.05) is 6.61 Å². The molecule has 0 aliphatic heterocycles. The number of carbonyl (C=O) groups is 1. The summed E-state index contributed by atoms with van der Waals surface area (Å²) in [5, 5.41) is 9.80. The lowest BCUT2D eigenvalue weighted by atomic mass is 9.88. The molecule has 0 aliphatic carbocycles. The molecule has 1 aromatic rings. The fourth-order valence-corrected chi connectivity index (χ4v) is 1.45. The summed E-state index contributed by atoms with van der Waals surface area (Å²) < 4.78 is 45.1. The van der Waals surface area contributed by atoms with Gasteiger partial charge in [-0.3, -0.25) is 0 Å². The Kier molecular flexibility index (Phi) is 4.01. The van der Waals surface area contributed by atoms with Crippen LogP contribution in [0.2, 0.25) is 0 Å². The summed E-state index contributed by atoms with van der Waals surface area (Å²) in [6.45, 7) is 1.76. The van der Waals surface area contributed by atoms with Crippen LogP contribution in [-0.4, -0.2) is 23.6 Å². The molecule has 0 radical (unpaired) electrons. The Hall–Kier alpha value is -1.56. The van der Waals surface area contributed by atoms with Crippen molar-refractivity contribution in [1.82, 2.24) is 0 Å². The normalized spacial score (nSPS) is 15.0. The molecule has 0 spiro atoms. The number of aliphatic hydroxyl groups is 1. The summed E-state index contributed by atoms with van der Waals surface area (Å²) in [6.07, 6.45) is 0. The van der Waals surface area contributed by atoms with Gasteiger partial charge in [-0.2, -0.15) is 8.78 Å². The number of ether oxygens (including phenoxy) is 1. The monoisotopic (exact) mass is 262 g/mol. The van der Waals surface area contributed by atoms with Gasteiger partial charge in [-0.1, -0.05) is 18.2 Å². The Balaban J connectivity index is 3.20. The smallest absolute Gasteiger partial charge is 0.380 e. The van der Waals surface area contributed by atoms with Gasteiger partial charge in [0.1, 0.15) is 5.82 Å². The first-order valence-electron chi connectivity index (χ1n) is 5.27. The molecule has 6 heteroatoms. The molecule has 0 saturated heterocycles. The number of halogens is 3. The summed E-state index contributed by atoms with van der Waals surface area (Å²) in [7, 11) is 0. The molecule has 3 nitrogen and oxygen atoms in total. The van der Waals surface area contributed by atoms with E-state index >= 15 is 0 Å². The molecule has 0 bridgehead atoms. The predicted molar refractivity (Wildman–Crippen MR) is 57.6 cm³/mol. The van der Waals surface area contributed by atoms with Crippen LogP contribution in [0, 0.1) is 5.82 Å². The highest BCUT2D eigenvalue weighted by atomic mass is 19.3. The molecule has 1 atom stereocenters. The number of hydrogen-bond donors (Lipinski definition) is 1. The fourth-order valence-electron chi connectivity index (χ4n) is 1.45. The fraction of sp³-hybridized carbons (Fsp3) is 0.417. The summed E-state index contributed by atoms with van der Waals surface area (Å²) >= 11 is 0. The lowest BCUT2D eigenvalue weighted by molar-refractivity contribution is -0.213. The zero-order valence-corrected chi connectivity index (χ0v) is 9.91. The molecular formula is C12H13F3O3. The zero-order valence-electron chi connectivity index (χ0n) is 9.91. The molecule has 18 heavy (non-hydrogen) atoms. The Bertz CT molecular complexity index is 444. The number of hydrogen-bond acceptors (Lipinski definition) is 3. The van der Waals surface area contributed by atoms with E-state index < -0.39 is 28.9 Å². The summed E-state index contributed by atoms with van der Waals surface area (Å²) in [5.41, 5.74) is -3.65. The van der Waals surface area contributed by atoms with Crippen molar-refractivity contribution >= 4 is 5.97 Å². The summed E-state index contributed by atoms with van der Waals surface area (Å²) in [6, 6.07) is 4.49. The SMILES string of the molecule is CCOC(=O)C(F)(F)C(C)(O)c1ccccc1F. The van der Waals surface area contributed by atoms with Gasteiger partial charge in [0.15, 0.2) is 5.60 Å². The molecule has 0 fully saturated rings. The Morgan fingerprint density at radius 1 is 1.39 bits per heavy atom. The minimum Gasteiger partial charge on any atom is -0.461 e. The maximum Gasteiger partial charge on any atom is 0.380 e. The Morgan fingerprint density at radius 3 is 2.44 bits per heavy atom. The molecule has 0 saturated carbocycles. The van der Waals surface area contributed by atoms with Crippen LogP contribution in [0.5, 0.6) is 0 Å². The maximum atomic E-state index is 13.8. The van der Waals surface area contributed by atoms with E-state index in [4.69, 9.17) is 0 Å². The Morgan fingerprint density at radius 2 is 1.94 bits per heavy atom. The standard InChI is InChI=1S/C12H13F3O3/c1-3-18-10(16)12(14,15)11(2,17)8-6-4-5-7-9(8)13/h4-7,17H,3H2,1-2H3. The minimum atomic E-state index is -4.24. The van der Waals surface area contributed by atoms with E-state index in [1.165, 1.54) is 19.1 Å². The second kappa shape index (κ2) is 4.97. The van der Waals surface area contributed by atoms with Crippen LogP contribution in [0.3, 0.4) is 0 Å². The van der Waals surface area contributed by atoms with Crippen LogP contribution >= 0.6 is 0 Å². The van der Waals surface area contributed by atoms with Crippen molar-refractivity contribution < 1.29 is 27.8 Å². The molecule has 0 heterocycles. The highest BCUT2D eigenvalue weighted by Crippen LogP contribution is 2.39. The highest BCUT2D eigenvalue weighted by molar-refractivity contribution is 5.79. The molecule has 0 amide bonds. The quantitative estimate of drug-likeness (QED) is 0.846. The van der Waals surface area contributed by atoms with Crippen LogP contribution < -0.4 is 0 Å². The molecule has 1 unspecified atom stereocenters. The molecule has 0 aromatic heterocycles. The minimum absolute atomic E-state index is 0.262. The van der Waals surface area contributed by atoms with Gasteiger partial charge in [-0.25, -0.2) is 9.18 Å². The van der Waals surface area contributed by atoms with E-state index in [-0.39, 0.29) is 6.61 Å². The van der Waals surface area contributed by atoms with Crippen molar-refractivity contribution in [3.63, 3.8) is 0 Å². The molecule has 1 N–H and O–H groups in total. The van der Waals surface area contributed by atoms with Crippen molar-refractivity contribution in [2.24, 2.45) is 0 Å². The number of benzene rings is 1. The average Bonchev–Trinajstić information content (AvgIpc) is 2.29. The van der Waals surface area contributed by atoms with E-state index in [0.29, 0.717) is 6.92 Å². The number of esters is 1. The van der Waals surface area contributed by atoms with E-state index in [9.17, 15) is 23.1 Å². The van der Waals surface area contributed by atoms with Gasteiger partial charge >= 0.3 is 11.9 Å². The van der Waals surface area contributed by atoms with Gasteiger partial charge in [0, 0.05) is 5.56 Å². The van der Waals surface area contributed by atoms with E-state index in [1.54, 1.807) is 0 Å². The molecule has 100 valence electrons. The number of rotatable bonds is 4. The topological polar surface area (TPSA) is 46.5 Å². The van der Waals surface area contributed by atoms with Gasteiger partial charge in [0.25, 0.3) is 0 Å². The van der Waals surface area contributed by atoms with Gasteiger partial charge in [-0.15, -0.1) is 0 Å². The van der Waals surface area contributed by atoms with Crippen molar-refractivity contribution in [3.8, 4) is 0 Å². The summed E-state index contributed by atoms with van der Waals surface area (Å²) in [4.78, 5) is 11.1. The van der Waals surface area contributed by atoms with Crippen LogP contribution in [0.1, 0.15) is 19.4 Å². The third kappa shape index (κ3) is 2.33. The van der Waals surface area contributed by atoms with Gasteiger partial charge in [0.2, 0.25) is 0 Å². The first-order valence-corrected chi connectivity index (χ1v) is 5.27. The lowest BCUT2D eigenvalue weighted by Gasteiger charge is -2.31. The molecule has 1 rings (SSSR count). The largest absolute Gasteiger partial charge is 0.461 e. The summed E-state index contributed by atoms with van der Waals surface area (Å²) in [5.74, 6) is -7.16. The third-order valence-electron chi connectivity index (χ3n) is 2.54. The van der Waals surface area contributed by atoms with Crippen molar-refractivity contribution in [3.05, 3.63) is 35.6 Å². The van der Waals surface area contributed by atoms with Gasteiger partial charge < -0.3 is 9.84 Å². The van der Waals surface area contributed by atoms with E-state index in [0.717, 1.165) is 12.1 Å². The molecular weight excluding hydrogens is 249 g/mol. The van der Waals surface area contributed by atoms with Crippen LogP contribution in [-0.2, 0) is 15.1 Å². The van der Waals surface area contributed by atoms with Gasteiger partial charge in [0.05, 0.1) is 6.61 Å². The average molecular weight is 262 g/mol. The maximum absolute atomic E-state index is 13.8. The Labute approximate surface area is 102 Å². The van der Waals surface area contributed by atoms with Crippen LogP contribution in [0.25, 0.3) is 0 Å². The van der Waals surface area contributed by atoms with E-state index in [2.05, 4.69) is 4.74 Å². The van der Waals surface area contributed by atoms with Crippen molar-refractivity contribution in [1.29, 1.82) is 0 Å². The number of carbonyl (C=O) groups excluding carboxylic acids is 1. The van der Waals surface area contributed by atoms with Crippen LogP contribution in [0.15, 0.2) is 24.3 Å². The second-order valence-electron chi connectivity index (χ2n) is 3.85. The second-order valence-corrected chi connectivity index (χ2v) is 3.85. The van der Waals surface area contributed by atoms with E-state index in [1.807, 2.05) is 0 Å².